The number of rotatable bonds is 7. The molecule has 19 heavy (non-hydrogen) atoms. The Kier molecular flexibility index (Phi) is 5.89. The lowest BCUT2D eigenvalue weighted by molar-refractivity contribution is 0.135. The Bertz CT molecular complexity index is 423. The highest BCUT2D eigenvalue weighted by Crippen LogP contribution is 2.33. The molecule has 4 heteroatoms. The molecule has 1 unspecified atom stereocenters. The second-order valence-electron chi connectivity index (χ2n) is 4.52. The molecule has 0 amide bonds. The summed E-state index contributed by atoms with van der Waals surface area (Å²) in [4.78, 5) is 0. The van der Waals surface area contributed by atoms with E-state index in [4.69, 9.17) is 9.47 Å². The molecular weight excluding hydrogens is 306 g/mol. The molecule has 1 aliphatic heterocycles. The van der Waals surface area contributed by atoms with Gasteiger partial charge in [0.25, 0.3) is 0 Å². The third-order valence-corrected chi connectivity index (χ3v) is 3.61. The summed E-state index contributed by atoms with van der Waals surface area (Å²) in [6, 6.07) is 6.52. The third kappa shape index (κ3) is 4.34. The highest BCUT2D eigenvalue weighted by atomic mass is 79.9. The van der Waals surface area contributed by atoms with Crippen molar-refractivity contribution in [3.8, 4) is 5.75 Å². The summed E-state index contributed by atoms with van der Waals surface area (Å²) in [6.45, 7) is 6.78. The van der Waals surface area contributed by atoms with E-state index in [0.29, 0.717) is 6.04 Å². The highest BCUT2D eigenvalue weighted by molar-refractivity contribution is 9.10. The standard InChI is InChI=1S/C15H20BrNO2/c1-2-3-8-18-10-7-17-14-6-9-19-15-5-4-12(16)11-13(14)15/h2,4-5,11,14,17H,1,3,6-10H2. The van der Waals surface area contributed by atoms with Crippen molar-refractivity contribution in [2.75, 3.05) is 26.4 Å². The first-order chi connectivity index (χ1) is 9.31. The average molecular weight is 326 g/mol. The Morgan fingerprint density at radius 1 is 1.47 bits per heavy atom. The first-order valence-electron chi connectivity index (χ1n) is 6.65. The van der Waals surface area contributed by atoms with Gasteiger partial charge in [-0.2, -0.15) is 0 Å². The normalized spacial score (nSPS) is 17.6. The van der Waals surface area contributed by atoms with Crippen LogP contribution < -0.4 is 10.1 Å². The Labute approximate surface area is 123 Å². The van der Waals surface area contributed by atoms with Crippen molar-refractivity contribution in [3.05, 3.63) is 40.9 Å². The van der Waals surface area contributed by atoms with Gasteiger partial charge in [-0.05, 0) is 24.6 Å². The van der Waals surface area contributed by atoms with Crippen LogP contribution >= 0.6 is 15.9 Å². The molecule has 0 aliphatic carbocycles. The van der Waals surface area contributed by atoms with Gasteiger partial charge in [-0.25, -0.2) is 0 Å². The summed E-state index contributed by atoms with van der Waals surface area (Å²) >= 11 is 3.51. The monoisotopic (exact) mass is 325 g/mol. The van der Waals surface area contributed by atoms with E-state index in [-0.39, 0.29) is 0 Å². The third-order valence-electron chi connectivity index (χ3n) is 3.11. The lowest BCUT2D eigenvalue weighted by atomic mass is 10.0. The minimum atomic E-state index is 0.351. The number of hydrogen-bond acceptors (Lipinski definition) is 3. The van der Waals surface area contributed by atoms with Gasteiger partial charge in [0.15, 0.2) is 0 Å². The van der Waals surface area contributed by atoms with Crippen LogP contribution in [-0.2, 0) is 4.74 Å². The zero-order chi connectivity index (χ0) is 13.5. The molecule has 0 bridgehead atoms. The Morgan fingerprint density at radius 2 is 2.37 bits per heavy atom. The molecule has 1 aromatic carbocycles. The topological polar surface area (TPSA) is 30.5 Å². The van der Waals surface area contributed by atoms with Crippen LogP contribution in [0.15, 0.2) is 35.3 Å². The van der Waals surface area contributed by atoms with Crippen molar-refractivity contribution in [2.24, 2.45) is 0 Å². The second-order valence-corrected chi connectivity index (χ2v) is 5.43. The molecule has 0 radical (unpaired) electrons. The summed E-state index contributed by atoms with van der Waals surface area (Å²) in [5.74, 6) is 0.986. The number of fused-ring (bicyclic) bond motifs is 1. The van der Waals surface area contributed by atoms with Gasteiger partial charge in [-0.1, -0.05) is 22.0 Å². The fourth-order valence-electron chi connectivity index (χ4n) is 2.15. The van der Waals surface area contributed by atoms with Crippen LogP contribution in [0.25, 0.3) is 0 Å². The van der Waals surface area contributed by atoms with Crippen LogP contribution in [0.5, 0.6) is 5.75 Å². The van der Waals surface area contributed by atoms with E-state index >= 15 is 0 Å². The number of benzene rings is 1. The first-order valence-corrected chi connectivity index (χ1v) is 7.45. The lowest BCUT2D eigenvalue weighted by Gasteiger charge is -2.27. The maximum absolute atomic E-state index is 5.66. The molecule has 1 atom stereocenters. The van der Waals surface area contributed by atoms with Crippen LogP contribution in [0.4, 0.5) is 0 Å². The maximum atomic E-state index is 5.66. The van der Waals surface area contributed by atoms with E-state index in [9.17, 15) is 0 Å². The van der Waals surface area contributed by atoms with E-state index < -0.39 is 0 Å². The van der Waals surface area contributed by atoms with Crippen molar-refractivity contribution in [1.29, 1.82) is 0 Å². The fourth-order valence-corrected chi connectivity index (χ4v) is 2.53. The lowest BCUT2D eigenvalue weighted by Crippen LogP contribution is -2.29. The summed E-state index contributed by atoms with van der Waals surface area (Å²) in [5, 5.41) is 3.53. The SMILES string of the molecule is C=CCCOCCNC1CCOc2ccc(Br)cc21. The van der Waals surface area contributed by atoms with Crippen LogP contribution in [0, 0.1) is 0 Å². The zero-order valence-corrected chi connectivity index (χ0v) is 12.6. The Morgan fingerprint density at radius 3 is 3.21 bits per heavy atom. The van der Waals surface area contributed by atoms with Crippen molar-refractivity contribution in [1.82, 2.24) is 5.32 Å². The predicted octanol–water partition coefficient (Wildman–Crippen LogP) is 3.46. The molecule has 0 spiro atoms. The number of halogens is 1. The molecule has 3 nitrogen and oxygen atoms in total. The number of nitrogens with one attached hydrogen (secondary N) is 1. The molecule has 1 N–H and O–H groups in total. The van der Waals surface area contributed by atoms with Gasteiger partial charge in [0.05, 0.1) is 19.8 Å². The number of hydrogen-bond donors (Lipinski definition) is 1. The van der Waals surface area contributed by atoms with E-state index in [1.165, 1.54) is 5.56 Å². The van der Waals surface area contributed by atoms with Crippen molar-refractivity contribution < 1.29 is 9.47 Å². The average Bonchev–Trinajstić information content (AvgIpc) is 2.43. The summed E-state index contributed by atoms with van der Waals surface area (Å²) in [6.07, 6.45) is 3.78. The van der Waals surface area contributed by atoms with Crippen molar-refractivity contribution in [3.63, 3.8) is 0 Å². The predicted molar refractivity (Wildman–Crippen MR) is 80.6 cm³/mol. The van der Waals surface area contributed by atoms with Gasteiger partial charge in [0, 0.05) is 29.0 Å². The quantitative estimate of drug-likeness (QED) is 0.615. The number of ether oxygens (including phenoxy) is 2. The first kappa shape index (κ1) is 14.6. The van der Waals surface area contributed by atoms with Gasteiger partial charge >= 0.3 is 0 Å². The van der Waals surface area contributed by atoms with Crippen LogP contribution in [0.3, 0.4) is 0 Å². The van der Waals surface area contributed by atoms with Crippen LogP contribution in [0.1, 0.15) is 24.4 Å². The molecule has 1 aromatic rings. The van der Waals surface area contributed by atoms with Gasteiger partial charge < -0.3 is 14.8 Å². The largest absolute Gasteiger partial charge is 0.493 e. The molecule has 0 fully saturated rings. The molecular formula is C15H20BrNO2. The molecule has 2 rings (SSSR count). The fraction of sp³-hybridized carbons (Fsp3) is 0.467. The zero-order valence-electron chi connectivity index (χ0n) is 11.0. The molecule has 1 heterocycles. The van der Waals surface area contributed by atoms with E-state index in [1.807, 2.05) is 18.2 Å². The van der Waals surface area contributed by atoms with E-state index in [1.54, 1.807) is 0 Å². The van der Waals surface area contributed by atoms with Gasteiger partial charge in [-0.3, -0.25) is 0 Å². The molecule has 0 saturated heterocycles. The Balaban J connectivity index is 1.82. The van der Waals surface area contributed by atoms with Crippen molar-refractivity contribution in [2.45, 2.75) is 18.9 Å². The van der Waals surface area contributed by atoms with Gasteiger partial charge in [0.1, 0.15) is 5.75 Å². The van der Waals surface area contributed by atoms with Crippen LogP contribution in [0.2, 0.25) is 0 Å². The second kappa shape index (κ2) is 7.68. The molecule has 1 aliphatic rings. The van der Waals surface area contributed by atoms with Gasteiger partial charge in [-0.15, -0.1) is 6.58 Å². The van der Waals surface area contributed by atoms with E-state index in [0.717, 1.165) is 49.4 Å². The minimum absolute atomic E-state index is 0.351. The minimum Gasteiger partial charge on any atom is -0.493 e. The maximum Gasteiger partial charge on any atom is 0.124 e. The molecule has 104 valence electrons. The Hall–Kier alpha value is -0.840. The smallest absolute Gasteiger partial charge is 0.124 e. The van der Waals surface area contributed by atoms with E-state index in [2.05, 4.69) is 33.9 Å². The summed E-state index contributed by atoms with van der Waals surface area (Å²) < 4.78 is 12.3. The van der Waals surface area contributed by atoms with Crippen LogP contribution in [-0.4, -0.2) is 26.4 Å². The summed E-state index contributed by atoms with van der Waals surface area (Å²) in [7, 11) is 0. The molecule has 0 aromatic heterocycles. The molecule has 0 saturated carbocycles. The van der Waals surface area contributed by atoms with Gasteiger partial charge in [0.2, 0.25) is 0 Å². The van der Waals surface area contributed by atoms with Crippen molar-refractivity contribution >= 4 is 15.9 Å². The highest BCUT2D eigenvalue weighted by Gasteiger charge is 2.20. The summed E-state index contributed by atoms with van der Waals surface area (Å²) in [5.41, 5.74) is 1.23.